The van der Waals surface area contributed by atoms with E-state index < -0.39 is 0 Å². The third-order valence-electron chi connectivity index (χ3n) is 3.31. The summed E-state index contributed by atoms with van der Waals surface area (Å²) in [7, 11) is 0. The van der Waals surface area contributed by atoms with Gasteiger partial charge >= 0.3 is 0 Å². The zero-order valence-corrected chi connectivity index (χ0v) is 12.4. The molecule has 100 valence electrons. The first-order valence-corrected chi connectivity index (χ1v) is 7.00. The van der Waals surface area contributed by atoms with Crippen LogP contribution in [0.1, 0.15) is 11.1 Å². The van der Waals surface area contributed by atoms with E-state index in [1.165, 1.54) is 11.1 Å². The molecule has 0 aliphatic carbocycles. The largest absolute Gasteiger partial charge is 0.336 e. The number of hydrogen-bond donors (Lipinski definition) is 1. The molecule has 2 nitrogen and oxygen atoms in total. The molecule has 0 fully saturated rings. The molecule has 1 heterocycles. The van der Waals surface area contributed by atoms with Gasteiger partial charge in [0.15, 0.2) is 4.77 Å². The number of nitrogens with one attached hydrogen (secondary N) is 1. The maximum Gasteiger partial charge on any atom is 0.182 e. The van der Waals surface area contributed by atoms with Crippen LogP contribution in [0.25, 0.3) is 16.9 Å². The van der Waals surface area contributed by atoms with Crippen molar-refractivity contribution >= 4 is 12.2 Å². The summed E-state index contributed by atoms with van der Waals surface area (Å²) < 4.78 is 2.80. The van der Waals surface area contributed by atoms with Crippen molar-refractivity contribution in [1.82, 2.24) is 9.55 Å². The maximum absolute atomic E-state index is 5.45. The second kappa shape index (κ2) is 5.10. The Bertz CT molecular complexity index is 777. The fourth-order valence-corrected chi connectivity index (χ4v) is 2.79. The number of aromatic nitrogens is 2. The van der Waals surface area contributed by atoms with Crippen molar-refractivity contribution < 1.29 is 0 Å². The molecule has 0 saturated carbocycles. The van der Waals surface area contributed by atoms with Gasteiger partial charge in [-0.3, -0.25) is 4.57 Å². The number of aryl methyl sites for hydroxylation is 2. The quantitative estimate of drug-likeness (QED) is 0.667. The fraction of sp³-hybridized carbons (Fsp3) is 0.118. The average molecular weight is 280 g/mol. The first-order chi connectivity index (χ1) is 9.65. The lowest BCUT2D eigenvalue weighted by molar-refractivity contribution is 1.03. The fourth-order valence-electron chi connectivity index (χ4n) is 2.53. The van der Waals surface area contributed by atoms with Crippen LogP contribution in [0.4, 0.5) is 0 Å². The molecule has 2 aromatic carbocycles. The average Bonchev–Trinajstić information content (AvgIpc) is 2.80. The second-order valence-electron chi connectivity index (χ2n) is 5.03. The van der Waals surface area contributed by atoms with Crippen LogP contribution in [-0.2, 0) is 0 Å². The molecule has 0 amide bonds. The smallest absolute Gasteiger partial charge is 0.182 e. The zero-order chi connectivity index (χ0) is 14.1. The SMILES string of the molecule is Cc1cc(C)cc(-n2c(-c3ccccc3)c[nH]c2=S)c1. The van der Waals surface area contributed by atoms with Crippen molar-refractivity contribution in [3.05, 3.63) is 70.6 Å². The predicted octanol–water partition coefficient (Wildman–Crippen LogP) is 4.82. The van der Waals surface area contributed by atoms with Crippen LogP contribution in [0.2, 0.25) is 0 Å². The standard InChI is InChI=1S/C17H16N2S/c1-12-8-13(2)10-15(9-12)19-16(11-18-17(19)20)14-6-4-3-5-7-14/h3-11H,1-2H3,(H,18,20). The summed E-state index contributed by atoms with van der Waals surface area (Å²) in [5, 5.41) is 0. The van der Waals surface area contributed by atoms with E-state index in [4.69, 9.17) is 12.2 Å². The molecule has 0 radical (unpaired) electrons. The minimum atomic E-state index is 0.717. The topological polar surface area (TPSA) is 20.7 Å². The first kappa shape index (κ1) is 12.9. The van der Waals surface area contributed by atoms with Crippen LogP contribution in [0.15, 0.2) is 54.7 Å². The first-order valence-electron chi connectivity index (χ1n) is 6.60. The molecule has 3 rings (SSSR count). The number of rotatable bonds is 2. The van der Waals surface area contributed by atoms with Crippen molar-refractivity contribution in [3.8, 4) is 16.9 Å². The van der Waals surface area contributed by atoms with Crippen molar-refractivity contribution in [1.29, 1.82) is 0 Å². The summed E-state index contributed by atoms with van der Waals surface area (Å²) in [6, 6.07) is 16.8. The Balaban J connectivity index is 2.24. The minimum absolute atomic E-state index is 0.717. The van der Waals surface area contributed by atoms with E-state index in [0.29, 0.717) is 4.77 Å². The van der Waals surface area contributed by atoms with E-state index in [2.05, 4.69) is 53.7 Å². The van der Waals surface area contributed by atoms with Crippen LogP contribution >= 0.6 is 12.2 Å². The highest BCUT2D eigenvalue weighted by atomic mass is 32.1. The van der Waals surface area contributed by atoms with E-state index in [9.17, 15) is 0 Å². The summed E-state index contributed by atoms with van der Waals surface area (Å²) in [5.74, 6) is 0. The Labute approximate surface area is 123 Å². The van der Waals surface area contributed by atoms with Gasteiger partial charge in [-0.25, -0.2) is 0 Å². The third kappa shape index (κ3) is 2.32. The Morgan fingerprint density at radius 2 is 1.60 bits per heavy atom. The van der Waals surface area contributed by atoms with Gasteiger partial charge in [0.05, 0.1) is 5.69 Å². The van der Waals surface area contributed by atoms with Gasteiger partial charge in [-0.1, -0.05) is 36.4 Å². The summed E-state index contributed by atoms with van der Waals surface area (Å²) in [6.45, 7) is 4.21. The summed E-state index contributed by atoms with van der Waals surface area (Å²) >= 11 is 5.45. The number of imidazole rings is 1. The highest BCUT2D eigenvalue weighted by Crippen LogP contribution is 2.24. The molecular formula is C17H16N2S. The molecule has 0 bridgehead atoms. The van der Waals surface area contributed by atoms with Crippen molar-refractivity contribution in [3.63, 3.8) is 0 Å². The number of H-pyrrole nitrogens is 1. The normalized spacial score (nSPS) is 10.7. The lowest BCUT2D eigenvalue weighted by atomic mass is 10.1. The molecule has 0 spiro atoms. The van der Waals surface area contributed by atoms with Crippen LogP contribution < -0.4 is 0 Å². The van der Waals surface area contributed by atoms with Crippen molar-refractivity contribution in [2.24, 2.45) is 0 Å². The number of nitrogens with zero attached hydrogens (tertiary/aromatic N) is 1. The Morgan fingerprint density at radius 3 is 2.25 bits per heavy atom. The molecule has 3 aromatic rings. The highest BCUT2D eigenvalue weighted by molar-refractivity contribution is 7.71. The van der Waals surface area contributed by atoms with E-state index in [1.807, 2.05) is 24.4 Å². The van der Waals surface area contributed by atoms with Gasteiger partial charge in [0, 0.05) is 17.4 Å². The predicted molar refractivity (Wildman–Crippen MR) is 85.9 cm³/mol. The third-order valence-corrected chi connectivity index (χ3v) is 3.61. The van der Waals surface area contributed by atoms with Crippen molar-refractivity contribution in [2.45, 2.75) is 13.8 Å². The van der Waals surface area contributed by atoms with Crippen molar-refractivity contribution in [2.75, 3.05) is 0 Å². The monoisotopic (exact) mass is 280 g/mol. The Morgan fingerprint density at radius 1 is 0.950 bits per heavy atom. The van der Waals surface area contributed by atoms with Crippen LogP contribution in [0.5, 0.6) is 0 Å². The molecule has 0 atom stereocenters. The van der Waals surface area contributed by atoms with Crippen LogP contribution in [-0.4, -0.2) is 9.55 Å². The number of aromatic amines is 1. The molecule has 3 heteroatoms. The molecule has 20 heavy (non-hydrogen) atoms. The van der Waals surface area contributed by atoms with Gasteiger partial charge in [-0.15, -0.1) is 0 Å². The number of benzene rings is 2. The van der Waals surface area contributed by atoms with Crippen LogP contribution in [0, 0.1) is 18.6 Å². The lowest BCUT2D eigenvalue weighted by Gasteiger charge is -2.10. The van der Waals surface area contributed by atoms with Gasteiger partial charge in [-0.05, 0) is 49.3 Å². The molecule has 0 unspecified atom stereocenters. The summed E-state index contributed by atoms with van der Waals surface area (Å²) in [6.07, 6.45) is 1.97. The van der Waals surface area contributed by atoms with Gasteiger partial charge in [0.25, 0.3) is 0 Å². The van der Waals surface area contributed by atoms with E-state index in [0.717, 1.165) is 16.9 Å². The molecule has 1 N–H and O–H groups in total. The van der Waals surface area contributed by atoms with Gasteiger partial charge < -0.3 is 4.98 Å². The summed E-state index contributed by atoms with van der Waals surface area (Å²) in [4.78, 5) is 3.15. The molecule has 0 saturated heterocycles. The molecule has 1 aromatic heterocycles. The number of hydrogen-bond acceptors (Lipinski definition) is 1. The molecule has 0 aliphatic rings. The van der Waals surface area contributed by atoms with E-state index in [1.54, 1.807) is 0 Å². The van der Waals surface area contributed by atoms with Crippen LogP contribution in [0.3, 0.4) is 0 Å². The Kier molecular flexibility index (Phi) is 3.28. The summed E-state index contributed by atoms with van der Waals surface area (Å²) in [5.41, 5.74) is 5.82. The van der Waals surface area contributed by atoms with E-state index in [-0.39, 0.29) is 0 Å². The van der Waals surface area contributed by atoms with Gasteiger partial charge in [0.1, 0.15) is 0 Å². The minimum Gasteiger partial charge on any atom is -0.336 e. The molecular weight excluding hydrogens is 264 g/mol. The van der Waals surface area contributed by atoms with Gasteiger partial charge in [0.2, 0.25) is 0 Å². The molecule has 0 aliphatic heterocycles. The van der Waals surface area contributed by atoms with E-state index >= 15 is 0 Å². The highest BCUT2D eigenvalue weighted by Gasteiger charge is 2.09. The lowest BCUT2D eigenvalue weighted by Crippen LogP contribution is -1.98. The second-order valence-corrected chi connectivity index (χ2v) is 5.41. The van der Waals surface area contributed by atoms with Gasteiger partial charge in [-0.2, -0.15) is 0 Å². The zero-order valence-electron chi connectivity index (χ0n) is 11.6. The maximum atomic E-state index is 5.45. The Hall–Kier alpha value is -2.13.